The van der Waals surface area contributed by atoms with E-state index in [-0.39, 0.29) is 6.10 Å². The molecular formula is C13H23N3O2S2. The highest BCUT2D eigenvalue weighted by molar-refractivity contribution is 7.99. The van der Waals surface area contributed by atoms with E-state index in [0.717, 1.165) is 35.9 Å². The molecule has 0 aliphatic heterocycles. The molecule has 0 aromatic carbocycles. The van der Waals surface area contributed by atoms with E-state index >= 15 is 0 Å². The highest BCUT2D eigenvalue weighted by atomic mass is 32.2. The van der Waals surface area contributed by atoms with Crippen LogP contribution in [-0.4, -0.2) is 31.4 Å². The van der Waals surface area contributed by atoms with E-state index < -0.39 is 5.91 Å². The summed E-state index contributed by atoms with van der Waals surface area (Å²) < 4.78 is 5.48. The number of unbranched alkanes of at least 4 members (excludes halogenated alkanes) is 1. The summed E-state index contributed by atoms with van der Waals surface area (Å²) in [5.74, 6) is -0.471. The molecule has 20 heavy (non-hydrogen) atoms. The summed E-state index contributed by atoms with van der Waals surface area (Å²) in [5.41, 5.74) is 11.7. The van der Waals surface area contributed by atoms with Gasteiger partial charge in [-0.2, -0.15) is 0 Å². The quantitative estimate of drug-likeness (QED) is 0.481. The number of thiophene rings is 1. The Morgan fingerprint density at radius 3 is 2.70 bits per heavy atom. The van der Waals surface area contributed by atoms with Gasteiger partial charge in [0.25, 0.3) is 5.91 Å². The summed E-state index contributed by atoms with van der Waals surface area (Å²) in [5, 5.41) is 4.25. The van der Waals surface area contributed by atoms with Gasteiger partial charge in [0.2, 0.25) is 0 Å². The molecule has 5 N–H and O–H groups in total. The number of hydrogen-bond donors (Lipinski definition) is 3. The van der Waals surface area contributed by atoms with Crippen LogP contribution in [0.25, 0.3) is 0 Å². The second-order valence-electron chi connectivity index (χ2n) is 4.62. The molecule has 0 atom stereocenters. The van der Waals surface area contributed by atoms with Gasteiger partial charge in [0.05, 0.1) is 16.7 Å². The molecular weight excluding hydrogens is 294 g/mol. The monoisotopic (exact) mass is 317 g/mol. The van der Waals surface area contributed by atoms with E-state index in [0.29, 0.717) is 10.6 Å². The van der Waals surface area contributed by atoms with Gasteiger partial charge in [-0.05, 0) is 32.9 Å². The predicted octanol–water partition coefficient (Wildman–Crippen LogP) is 2.77. The summed E-state index contributed by atoms with van der Waals surface area (Å²) in [6.07, 6.45) is 4.22. The van der Waals surface area contributed by atoms with Crippen LogP contribution in [0, 0.1) is 0 Å². The van der Waals surface area contributed by atoms with Gasteiger partial charge in [-0.1, -0.05) is 0 Å². The minimum absolute atomic E-state index is 0.279. The lowest BCUT2D eigenvalue weighted by molar-refractivity contribution is 0.0765. The van der Waals surface area contributed by atoms with Crippen molar-refractivity contribution < 1.29 is 9.53 Å². The van der Waals surface area contributed by atoms with Crippen LogP contribution in [0.15, 0.2) is 4.90 Å². The summed E-state index contributed by atoms with van der Waals surface area (Å²) in [7, 11) is 0. The van der Waals surface area contributed by atoms with Gasteiger partial charge in [-0.3, -0.25) is 4.79 Å². The van der Waals surface area contributed by atoms with Crippen LogP contribution < -0.4 is 16.8 Å². The Balaban J connectivity index is 2.47. The van der Waals surface area contributed by atoms with Crippen molar-refractivity contribution in [1.82, 2.24) is 0 Å². The largest absolute Gasteiger partial charge is 0.396 e. The molecule has 0 radical (unpaired) electrons. The van der Waals surface area contributed by atoms with Gasteiger partial charge in [0.15, 0.2) is 0 Å². The van der Waals surface area contributed by atoms with E-state index in [4.69, 9.17) is 16.2 Å². The molecule has 0 aliphatic rings. The molecule has 7 heteroatoms. The minimum atomic E-state index is -0.471. The van der Waals surface area contributed by atoms with Crippen LogP contribution in [0.5, 0.6) is 0 Å². The van der Waals surface area contributed by atoms with Crippen molar-refractivity contribution in [2.24, 2.45) is 5.73 Å². The molecule has 114 valence electrons. The number of rotatable bonds is 9. The van der Waals surface area contributed by atoms with Crippen LogP contribution in [0.1, 0.15) is 36.4 Å². The summed E-state index contributed by atoms with van der Waals surface area (Å²) in [6, 6.07) is 0. The lowest BCUT2D eigenvalue weighted by Crippen LogP contribution is -2.10. The third-order valence-electron chi connectivity index (χ3n) is 2.64. The fraction of sp³-hybridized carbons (Fsp3) is 0.615. The molecule has 1 heterocycles. The molecule has 5 nitrogen and oxygen atoms in total. The van der Waals surface area contributed by atoms with Crippen LogP contribution >= 0.6 is 23.1 Å². The maximum absolute atomic E-state index is 11.3. The maximum Gasteiger partial charge on any atom is 0.261 e. The number of nitrogens with two attached hydrogens (primary N) is 2. The number of amides is 1. The Labute approximate surface area is 128 Å². The van der Waals surface area contributed by atoms with E-state index in [2.05, 4.69) is 5.32 Å². The molecule has 0 unspecified atom stereocenters. The molecule has 1 amide bonds. The first kappa shape index (κ1) is 17.1. The van der Waals surface area contributed by atoms with Crippen molar-refractivity contribution in [3.63, 3.8) is 0 Å². The zero-order valence-corrected chi connectivity index (χ0v) is 13.8. The molecule has 0 aliphatic carbocycles. The van der Waals surface area contributed by atoms with E-state index in [1.165, 1.54) is 23.1 Å². The number of anilines is 2. The van der Waals surface area contributed by atoms with Crippen molar-refractivity contribution in [1.29, 1.82) is 0 Å². The first-order chi connectivity index (χ1) is 9.47. The standard InChI is InChI=1S/C13H23N3O2S2/c1-8(2)18-7-5-4-6-16-13-11(19-3)9(14)10(20-13)12(15)17/h8,16H,4-7,14H2,1-3H3,(H2,15,17). The SMILES string of the molecule is CSc1c(NCCCCOC(C)C)sc(C(N)=O)c1N. The van der Waals surface area contributed by atoms with Gasteiger partial charge in [0.1, 0.15) is 9.88 Å². The number of thioether (sulfide) groups is 1. The van der Waals surface area contributed by atoms with E-state index in [1.807, 2.05) is 20.1 Å². The smallest absolute Gasteiger partial charge is 0.261 e. The summed E-state index contributed by atoms with van der Waals surface area (Å²) >= 11 is 2.85. The van der Waals surface area contributed by atoms with Gasteiger partial charge in [0, 0.05) is 13.2 Å². The average molecular weight is 317 g/mol. The third kappa shape index (κ3) is 4.88. The highest BCUT2D eigenvalue weighted by Gasteiger charge is 2.18. The lowest BCUT2D eigenvalue weighted by atomic mass is 10.3. The number of primary amides is 1. The van der Waals surface area contributed by atoms with Crippen LogP contribution in [0.3, 0.4) is 0 Å². The van der Waals surface area contributed by atoms with Gasteiger partial charge >= 0.3 is 0 Å². The molecule has 0 saturated heterocycles. The Bertz CT molecular complexity index is 447. The molecule has 0 spiro atoms. The molecule has 0 bridgehead atoms. The van der Waals surface area contributed by atoms with Crippen LogP contribution in [0.4, 0.5) is 10.7 Å². The predicted molar refractivity (Wildman–Crippen MR) is 87.8 cm³/mol. The number of carbonyl (C=O) groups is 1. The van der Waals surface area contributed by atoms with E-state index in [1.54, 1.807) is 0 Å². The maximum atomic E-state index is 11.3. The Morgan fingerprint density at radius 1 is 1.45 bits per heavy atom. The van der Waals surface area contributed by atoms with Gasteiger partial charge in [-0.25, -0.2) is 0 Å². The Kier molecular flexibility index (Phi) is 7.18. The first-order valence-electron chi connectivity index (χ1n) is 6.58. The van der Waals surface area contributed by atoms with Gasteiger partial charge in [-0.15, -0.1) is 23.1 Å². The summed E-state index contributed by atoms with van der Waals surface area (Å²) in [6.45, 7) is 5.66. The summed E-state index contributed by atoms with van der Waals surface area (Å²) in [4.78, 5) is 12.6. The second kappa shape index (κ2) is 8.39. The number of nitrogen functional groups attached to an aromatic ring is 1. The normalized spacial score (nSPS) is 11.0. The van der Waals surface area contributed by atoms with Crippen LogP contribution in [-0.2, 0) is 4.74 Å². The number of carbonyl (C=O) groups excluding carboxylic acids is 1. The van der Waals surface area contributed by atoms with Crippen molar-refractivity contribution in [2.45, 2.75) is 37.7 Å². The zero-order valence-electron chi connectivity index (χ0n) is 12.2. The minimum Gasteiger partial charge on any atom is -0.396 e. The van der Waals surface area contributed by atoms with Crippen molar-refractivity contribution in [3.05, 3.63) is 4.88 Å². The number of ether oxygens (including phenoxy) is 1. The molecule has 1 rings (SSSR count). The molecule has 1 aromatic rings. The first-order valence-corrected chi connectivity index (χ1v) is 8.63. The fourth-order valence-electron chi connectivity index (χ4n) is 1.68. The Morgan fingerprint density at radius 2 is 2.15 bits per heavy atom. The Hall–Kier alpha value is -0.920. The molecule has 1 aromatic heterocycles. The number of hydrogen-bond acceptors (Lipinski definition) is 6. The average Bonchev–Trinajstić information content (AvgIpc) is 2.69. The second-order valence-corrected chi connectivity index (χ2v) is 6.46. The van der Waals surface area contributed by atoms with Crippen LogP contribution in [0.2, 0.25) is 0 Å². The zero-order chi connectivity index (χ0) is 15.1. The highest BCUT2D eigenvalue weighted by Crippen LogP contribution is 2.41. The molecule has 0 fully saturated rings. The third-order valence-corrected chi connectivity index (χ3v) is 4.77. The van der Waals surface area contributed by atoms with E-state index in [9.17, 15) is 4.79 Å². The molecule has 0 saturated carbocycles. The topological polar surface area (TPSA) is 90.4 Å². The van der Waals surface area contributed by atoms with Crippen molar-refractivity contribution in [3.8, 4) is 0 Å². The van der Waals surface area contributed by atoms with Crippen molar-refractivity contribution in [2.75, 3.05) is 30.5 Å². The fourth-order valence-corrected chi connectivity index (χ4v) is 3.59. The number of nitrogens with one attached hydrogen (secondary N) is 1. The van der Waals surface area contributed by atoms with Crippen molar-refractivity contribution >= 4 is 39.7 Å². The van der Waals surface area contributed by atoms with Gasteiger partial charge < -0.3 is 21.5 Å². The lowest BCUT2D eigenvalue weighted by Gasteiger charge is -2.08.